The van der Waals surface area contributed by atoms with Crippen molar-refractivity contribution in [3.63, 3.8) is 0 Å². The van der Waals surface area contributed by atoms with Crippen molar-refractivity contribution in [1.82, 2.24) is 4.90 Å². The van der Waals surface area contributed by atoms with Crippen LogP contribution >= 0.6 is 11.6 Å². The summed E-state index contributed by atoms with van der Waals surface area (Å²) in [5.74, 6) is 1.45. The first-order valence-corrected chi connectivity index (χ1v) is 7.29. The van der Waals surface area contributed by atoms with E-state index < -0.39 is 0 Å². The van der Waals surface area contributed by atoms with Crippen molar-refractivity contribution < 1.29 is 9.47 Å². The van der Waals surface area contributed by atoms with E-state index in [0.717, 1.165) is 12.3 Å². The molecule has 0 bridgehead atoms. The molecule has 0 radical (unpaired) electrons. The summed E-state index contributed by atoms with van der Waals surface area (Å²) in [6.45, 7) is 5.12. The fourth-order valence-corrected chi connectivity index (χ4v) is 2.69. The van der Waals surface area contributed by atoms with Crippen LogP contribution in [0.25, 0.3) is 0 Å². The number of hydrogen-bond donors (Lipinski definition) is 0. The van der Waals surface area contributed by atoms with Crippen LogP contribution in [0, 0.1) is 0 Å². The van der Waals surface area contributed by atoms with E-state index >= 15 is 0 Å². The topological polar surface area (TPSA) is 21.7 Å². The van der Waals surface area contributed by atoms with E-state index in [4.69, 9.17) is 21.1 Å². The van der Waals surface area contributed by atoms with Gasteiger partial charge in [-0.05, 0) is 38.4 Å². The van der Waals surface area contributed by atoms with Crippen LogP contribution in [-0.4, -0.2) is 37.7 Å². The highest BCUT2D eigenvalue weighted by molar-refractivity contribution is 6.30. The molecule has 3 nitrogen and oxygen atoms in total. The highest BCUT2D eigenvalue weighted by Crippen LogP contribution is 2.30. The molecule has 1 aliphatic heterocycles. The maximum Gasteiger partial charge on any atom is 0.162 e. The second-order valence-electron chi connectivity index (χ2n) is 5.02. The third-order valence-corrected chi connectivity index (χ3v) is 3.94. The molecule has 106 valence electrons. The first kappa shape index (κ1) is 14.5. The Labute approximate surface area is 120 Å². The Hall–Kier alpha value is -0.930. The SMILES string of the molecule is COc1cc(Cl)ccc1OCCN1CCCCC1C. The van der Waals surface area contributed by atoms with E-state index in [-0.39, 0.29) is 0 Å². The molecule has 1 saturated heterocycles. The Morgan fingerprint density at radius 3 is 2.89 bits per heavy atom. The largest absolute Gasteiger partial charge is 0.493 e. The Morgan fingerprint density at radius 2 is 2.16 bits per heavy atom. The van der Waals surface area contributed by atoms with Gasteiger partial charge in [0.1, 0.15) is 6.61 Å². The zero-order chi connectivity index (χ0) is 13.7. The summed E-state index contributed by atoms with van der Waals surface area (Å²) in [6, 6.07) is 6.13. The van der Waals surface area contributed by atoms with Gasteiger partial charge in [-0.2, -0.15) is 0 Å². The van der Waals surface area contributed by atoms with Gasteiger partial charge in [0.15, 0.2) is 11.5 Å². The van der Waals surface area contributed by atoms with Crippen molar-refractivity contribution in [2.45, 2.75) is 32.2 Å². The summed E-state index contributed by atoms with van der Waals surface area (Å²) in [5.41, 5.74) is 0. The number of likely N-dealkylation sites (tertiary alicyclic amines) is 1. The fraction of sp³-hybridized carbons (Fsp3) is 0.600. The summed E-state index contributed by atoms with van der Waals surface area (Å²) in [4.78, 5) is 2.49. The first-order chi connectivity index (χ1) is 9.20. The number of piperidine rings is 1. The van der Waals surface area contributed by atoms with Crippen LogP contribution in [0.5, 0.6) is 11.5 Å². The number of halogens is 1. The molecular weight excluding hydrogens is 262 g/mol. The van der Waals surface area contributed by atoms with Crippen LogP contribution in [0.4, 0.5) is 0 Å². The molecule has 0 N–H and O–H groups in total. The van der Waals surface area contributed by atoms with Gasteiger partial charge in [-0.3, -0.25) is 4.90 Å². The van der Waals surface area contributed by atoms with Gasteiger partial charge in [-0.25, -0.2) is 0 Å². The highest BCUT2D eigenvalue weighted by Gasteiger charge is 2.17. The molecular formula is C15H22ClNO2. The lowest BCUT2D eigenvalue weighted by Crippen LogP contribution is -2.39. The van der Waals surface area contributed by atoms with Gasteiger partial charge in [0.2, 0.25) is 0 Å². The van der Waals surface area contributed by atoms with Gasteiger partial charge >= 0.3 is 0 Å². The molecule has 0 saturated carbocycles. The fourth-order valence-electron chi connectivity index (χ4n) is 2.52. The van der Waals surface area contributed by atoms with Crippen LogP contribution in [0.1, 0.15) is 26.2 Å². The van der Waals surface area contributed by atoms with Crippen molar-refractivity contribution in [3.05, 3.63) is 23.2 Å². The number of benzene rings is 1. The molecule has 0 spiro atoms. The van der Waals surface area contributed by atoms with Crippen LogP contribution in [0.15, 0.2) is 18.2 Å². The van der Waals surface area contributed by atoms with Gasteiger partial charge < -0.3 is 9.47 Å². The lowest BCUT2D eigenvalue weighted by Gasteiger charge is -2.33. The first-order valence-electron chi connectivity index (χ1n) is 6.91. The normalized spacial score (nSPS) is 20.3. The second-order valence-corrected chi connectivity index (χ2v) is 5.46. The van der Waals surface area contributed by atoms with Crippen molar-refractivity contribution in [1.29, 1.82) is 0 Å². The second kappa shape index (κ2) is 7.01. The Kier molecular flexibility index (Phi) is 5.34. The summed E-state index contributed by atoms with van der Waals surface area (Å²) in [7, 11) is 1.63. The molecule has 1 aromatic rings. The molecule has 1 fully saturated rings. The smallest absolute Gasteiger partial charge is 0.162 e. The molecule has 1 heterocycles. The minimum atomic E-state index is 0.661. The van der Waals surface area contributed by atoms with Crippen molar-refractivity contribution in [2.75, 3.05) is 26.8 Å². The third kappa shape index (κ3) is 4.02. The molecule has 4 heteroatoms. The van der Waals surface area contributed by atoms with Gasteiger partial charge in [-0.15, -0.1) is 0 Å². The summed E-state index contributed by atoms with van der Waals surface area (Å²) < 4.78 is 11.1. The molecule has 0 amide bonds. The van der Waals surface area contributed by atoms with Crippen LogP contribution in [0.2, 0.25) is 5.02 Å². The molecule has 1 aromatic carbocycles. The van der Waals surface area contributed by atoms with E-state index in [1.54, 1.807) is 13.2 Å². The van der Waals surface area contributed by atoms with E-state index in [9.17, 15) is 0 Å². The van der Waals surface area contributed by atoms with Crippen LogP contribution < -0.4 is 9.47 Å². The van der Waals surface area contributed by atoms with Crippen molar-refractivity contribution in [2.24, 2.45) is 0 Å². The summed E-state index contributed by atoms with van der Waals surface area (Å²) in [5, 5.41) is 0.661. The number of methoxy groups -OCH3 is 1. The van der Waals surface area contributed by atoms with E-state index in [2.05, 4.69) is 11.8 Å². The molecule has 1 unspecified atom stereocenters. The van der Waals surface area contributed by atoms with E-state index in [1.165, 1.54) is 25.8 Å². The van der Waals surface area contributed by atoms with E-state index in [1.807, 2.05) is 12.1 Å². The molecule has 19 heavy (non-hydrogen) atoms. The Bertz CT molecular complexity index is 411. The zero-order valence-electron chi connectivity index (χ0n) is 11.7. The van der Waals surface area contributed by atoms with Crippen molar-refractivity contribution >= 4 is 11.6 Å². The average Bonchev–Trinajstić information content (AvgIpc) is 2.42. The molecule has 0 aromatic heterocycles. The molecule has 1 aliphatic rings. The third-order valence-electron chi connectivity index (χ3n) is 3.70. The highest BCUT2D eigenvalue weighted by atomic mass is 35.5. The molecule has 1 atom stereocenters. The zero-order valence-corrected chi connectivity index (χ0v) is 12.4. The maximum absolute atomic E-state index is 5.93. The standard InChI is InChI=1S/C15H22ClNO2/c1-12-5-3-4-8-17(12)9-10-19-14-7-6-13(16)11-15(14)18-2/h6-7,11-12H,3-5,8-10H2,1-2H3. The lowest BCUT2D eigenvalue weighted by atomic mass is 10.0. The number of hydrogen-bond acceptors (Lipinski definition) is 3. The van der Waals surface area contributed by atoms with Gasteiger partial charge in [0.25, 0.3) is 0 Å². The van der Waals surface area contributed by atoms with Crippen LogP contribution in [-0.2, 0) is 0 Å². The maximum atomic E-state index is 5.93. The predicted octanol–water partition coefficient (Wildman–Crippen LogP) is 3.60. The predicted molar refractivity (Wildman–Crippen MR) is 78.4 cm³/mol. The minimum absolute atomic E-state index is 0.661. The molecule has 2 rings (SSSR count). The monoisotopic (exact) mass is 283 g/mol. The quantitative estimate of drug-likeness (QED) is 0.824. The van der Waals surface area contributed by atoms with Gasteiger partial charge in [0.05, 0.1) is 7.11 Å². The van der Waals surface area contributed by atoms with E-state index in [0.29, 0.717) is 23.4 Å². The minimum Gasteiger partial charge on any atom is -0.493 e. The number of nitrogens with zero attached hydrogens (tertiary/aromatic N) is 1. The van der Waals surface area contributed by atoms with Gasteiger partial charge in [-0.1, -0.05) is 18.0 Å². The lowest BCUT2D eigenvalue weighted by molar-refractivity contribution is 0.132. The number of ether oxygens (including phenoxy) is 2. The molecule has 0 aliphatic carbocycles. The summed E-state index contributed by atoms with van der Waals surface area (Å²) in [6.07, 6.45) is 3.95. The number of rotatable bonds is 5. The van der Waals surface area contributed by atoms with Crippen molar-refractivity contribution in [3.8, 4) is 11.5 Å². The van der Waals surface area contributed by atoms with Gasteiger partial charge in [0, 0.05) is 23.7 Å². The average molecular weight is 284 g/mol. The Balaban J connectivity index is 1.85. The Morgan fingerprint density at radius 1 is 1.32 bits per heavy atom. The summed E-state index contributed by atoms with van der Waals surface area (Å²) >= 11 is 5.93. The van der Waals surface area contributed by atoms with Crippen LogP contribution in [0.3, 0.4) is 0 Å².